The summed E-state index contributed by atoms with van der Waals surface area (Å²) < 4.78 is 0. The first-order valence-corrected chi connectivity index (χ1v) is 6.33. The number of halogens is 1. The van der Waals surface area contributed by atoms with Gasteiger partial charge in [-0.3, -0.25) is 9.69 Å². The van der Waals surface area contributed by atoms with Crippen LogP contribution in [0.1, 0.15) is 39.0 Å². The average Bonchev–Trinajstić information content (AvgIpc) is 2.29. The third-order valence-corrected chi connectivity index (χ3v) is 3.46. The topological polar surface area (TPSA) is 58.4 Å². The molecule has 0 aromatic carbocycles. The highest BCUT2D eigenvalue weighted by atomic mass is 35.5. The molecule has 0 heterocycles. The summed E-state index contributed by atoms with van der Waals surface area (Å²) in [5.74, 6) is 0.134. The number of carbonyl (C=O) groups excluding carboxylic acids is 1. The first-order chi connectivity index (χ1) is 7.63. The number of rotatable bonds is 5. The van der Waals surface area contributed by atoms with Crippen molar-refractivity contribution in [2.45, 2.75) is 51.1 Å². The van der Waals surface area contributed by atoms with Crippen LogP contribution in [-0.2, 0) is 4.79 Å². The SMILES string of the molecule is CC(CN)N(C)CC(=O)NC1CCCCC1.Cl. The van der Waals surface area contributed by atoms with Gasteiger partial charge in [0.25, 0.3) is 0 Å². The molecule has 1 aliphatic rings. The average molecular weight is 264 g/mol. The maximum absolute atomic E-state index is 11.7. The van der Waals surface area contributed by atoms with E-state index in [1.54, 1.807) is 0 Å². The van der Waals surface area contributed by atoms with Gasteiger partial charge >= 0.3 is 0 Å². The fraction of sp³-hybridized carbons (Fsp3) is 0.917. The van der Waals surface area contributed by atoms with Crippen molar-refractivity contribution in [2.75, 3.05) is 20.1 Å². The van der Waals surface area contributed by atoms with Crippen molar-refractivity contribution in [3.8, 4) is 0 Å². The third kappa shape index (κ3) is 6.24. The molecule has 102 valence electrons. The summed E-state index contributed by atoms with van der Waals surface area (Å²) in [4.78, 5) is 13.7. The van der Waals surface area contributed by atoms with Gasteiger partial charge in [0, 0.05) is 18.6 Å². The fourth-order valence-corrected chi connectivity index (χ4v) is 2.08. The number of amides is 1. The van der Waals surface area contributed by atoms with Gasteiger partial charge in [0.1, 0.15) is 0 Å². The zero-order chi connectivity index (χ0) is 12.0. The van der Waals surface area contributed by atoms with Crippen LogP contribution in [0.15, 0.2) is 0 Å². The van der Waals surface area contributed by atoms with Crippen LogP contribution in [0.25, 0.3) is 0 Å². The lowest BCUT2D eigenvalue weighted by atomic mass is 9.95. The van der Waals surface area contributed by atoms with Gasteiger partial charge in [0.05, 0.1) is 6.54 Å². The van der Waals surface area contributed by atoms with E-state index in [4.69, 9.17) is 5.73 Å². The molecule has 5 heteroatoms. The minimum Gasteiger partial charge on any atom is -0.352 e. The van der Waals surface area contributed by atoms with Gasteiger partial charge in [-0.05, 0) is 26.8 Å². The second-order valence-electron chi connectivity index (χ2n) is 4.90. The monoisotopic (exact) mass is 263 g/mol. The Balaban J connectivity index is 0.00000256. The van der Waals surface area contributed by atoms with Crippen molar-refractivity contribution < 1.29 is 4.79 Å². The molecule has 1 unspecified atom stereocenters. The Kier molecular flexibility index (Phi) is 8.56. The number of likely N-dealkylation sites (N-methyl/N-ethyl adjacent to an activating group) is 1. The van der Waals surface area contributed by atoms with Crippen LogP contribution >= 0.6 is 12.4 Å². The molecule has 0 aromatic rings. The van der Waals surface area contributed by atoms with Crippen LogP contribution in [0, 0.1) is 0 Å². The minimum absolute atomic E-state index is 0. The third-order valence-electron chi connectivity index (χ3n) is 3.46. The number of nitrogens with one attached hydrogen (secondary N) is 1. The quantitative estimate of drug-likeness (QED) is 0.782. The first-order valence-electron chi connectivity index (χ1n) is 6.33. The van der Waals surface area contributed by atoms with Crippen molar-refractivity contribution in [2.24, 2.45) is 5.73 Å². The van der Waals surface area contributed by atoms with Gasteiger partial charge in [-0.2, -0.15) is 0 Å². The highest BCUT2D eigenvalue weighted by Gasteiger charge is 2.17. The van der Waals surface area contributed by atoms with Crippen molar-refractivity contribution in [3.63, 3.8) is 0 Å². The zero-order valence-electron chi connectivity index (χ0n) is 10.9. The van der Waals surface area contributed by atoms with E-state index in [2.05, 4.69) is 5.32 Å². The smallest absolute Gasteiger partial charge is 0.234 e. The van der Waals surface area contributed by atoms with Gasteiger partial charge in [0.2, 0.25) is 5.91 Å². The number of nitrogens with two attached hydrogens (primary N) is 1. The van der Waals surface area contributed by atoms with E-state index >= 15 is 0 Å². The molecule has 1 saturated carbocycles. The maximum atomic E-state index is 11.7. The first kappa shape index (κ1) is 16.7. The predicted octanol–water partition coefficient (Wildman–Crippen LogP) is 1.14. The molecule has 17 heavy (non-hydrogen) atoms. The molecule has 0 aromatic heterocycles. The molecule has 1 fully saturated rings. The number of hydrogen-bond acceptors (Lipinski definition) is 3. The molecule has 0 bridgehead atoms. The summed E-state index contributed by atoms with van der Waals surface area (Å²) in [5, 5.41) is 3.11. The lowest BCUT2D eigenvalue weighted by Crippen LogP contribution is -2.45. The van der Waals surface area contributed by atoms with Gasteiger partial charge in [-0.1, -0.05) is 19.3 Å². The molecule has 4 nitrogen and oxygen atoms in total. The highest BCUT2D eigenvalue weighted by Crippen LogP contribution is 2.17. The molecular formula is C12H26ClN3O. The minimum atomic E-state index is 0. The fourth-order valence-electron chi connectivity index (χ4n) is 2.08. The Morgan fingerprint density at radius 3 is 2.53 bits per heavy atom. The van der Waals surface area contributed by atoms with E-state index < -0.39 is 0 Å². The van der Waals surface area contributed by atoms with E-state index in [9.17, 15) is 4.79 Å². The van der Waals surface area contributed by atoms with Gasteiger partial charge in [-0.25, -0.2) is 0 Å². The van der Waals surface area contributed by atoms with Crippen molar-refractivity contribution in [3.05, 3.63) is 0 Å². The second kappa shape index (κ2) is 8.72. The molecule has 1 atom stereocenters. The van der Waals surface area contributed by atoms with Crippen molar-refractivity contribution in [1.82, 2.24) is 10.2 Å². The van der Waals surface area contributed by atoms with Crippen LogP contribution in [0.5, 0.6) is 0 Å². The van der Waals surface area contributed by atoms with Crippen LogP contribution in [0.2, 0.25) is 0 Å². The predicted molar refractivity (Wildman–Crippen MR) is 73.4 cm³/mol. The van der Waals surface area contributed by atoms with E-state index in [1.165, 1.54) is 19.3 Å². The summed E-state index contributed by atoms with van der Waals surface area (Å²) >= 11 is 0. The molecular weight excluding hydrogens is 238 g/mol. The van der Waals surface area contributed by atoms with E-state index in [-0.39, 0.29) is 24.4 Å². The summed E-state index contributed by atoms with van der Waals surface area (Å²) in [6.07, 6.45) is 6.10. The van der Waals surface area contributed by atoms with Gasteiger partial charge in [0.15, 0.2) is 0 Å². The number of nitrogens with zero attached hydrogens (tertiary/aromatic N) is 1. The maximum Gasteiger partial charge on any atom is 0.234 e. The molecule has 1 aliphatic carbocycles. The summed E-state index contributed by atoms with van der Waals surface area (Å²) in [6, 6.07) is 0.667. The molecule has 1 amide bonds. The van der Waals surface area contributed by atoms with Crippen molar-refractivity contribution >= 4 is 18.3 Å². The Morgan fingerprint density at radius 2 is 2.00 bits per heavy atom. The second-order valence-corrected chi connectivity index (χ2v) is 4.90. The van der Waals surface area contributed by atoms with Gasteiger partial charge < -0.3 is 11.1 Å². The van der Waals surface area contributed by atoms with Crippen LogP contribution < -0.4 is 11.1 Å². The van der Waals surface area contributed by atoms with Crippen LogP contribution in [0.3, 0.4) is 0 Å². The van der Waals surface area contributed by atoms with E-state index in [1.807, 2.05) is 18.9 Å². The Morgan fingerprint density at radius 1 is 1.41 bits per heavy atom. The molecule has 0 radical (unpaired) electrons. The standard InChI is InChI=1S/C12H25N3O.ClH/c1-10(8-13)15(2)9-12(16)14-11-6-4-3-5-7-11;/h10-11H,3-9,13H2,1-2H3,(H,14,16);1H. The van der Waals surface area contributed by atoms with Crippen LogP contribution in [0.4, 0.5) is 0 Å². The molecule has 0 aliphatic heterocycles. The molecule has 0 saturated heterocycles. The van der Waals surface area contributed by atoms with E-state index in [0.29, 0.717) is 19.1 Å². The number of hydrogen-bond donors (Lipinski definition) is 2. The zero-order valence-corrected chi connectivity index (χ0v) is 11.8. The molecule has 1 rings (SSSR count). The summed E-state index contributed by atoms with van der Waals surface area (Å²) in [7, 11) is 1.94. The normalized spacial score (nSPS) is 18.6. The lowest BCUT2D eigenvalue weighted by molar-refractivity contribution is -0.123. The van der Waals surface area contributed by atoms with Gasteiger partial charge in [-0.15, -0.1) is 12.4 Å². The highest BCUT2D eigenvalue weighted by molar-refractivity contribution is 5.85. The van der Waals surface area contributed by atoms with Crippen LogP contribution in [-0.4, -0.2) is 43.0 Å². The van der Waals surface area contributed by atoms with Crippen molar-refractivity contribution in [1.29, 1.82) is 0 Å². The Hall–Kier alpha value is -0.320. The summed E-state index contributed by atoms with van der Waals surface area (Å²) in [6.45, 7) is 3.08. The Labute approximate surface area is 111 Å². The number of carbonyl (C=O) groups is 1. The lowest BCUT2D eigenvalue weighted by Gasteiger charge is -2.26. The Bertz CT molecular complexity index is 214. The molecule has 0 spiro atoms. The summed E-state index contributed by atoms with van der Waals surface area (Å²) in [5.41, 5.74) is 5.56. The van der Waals surface area contributed by atoms with E-state index in [0.717, 1.165) is 12.8 Å². The molecule has 3 N–H and O–H groups in total. The largest absolute Gasteiger partial charge is 0.352 e.